The van der Waals surface area contributed by atoms with Crippen LogP contribution in [0.5, 0.6) is 5.75 Å². The van der Waals surface area contributed by atoms with Crippen LogP contribution >= 0.6 is 11.5 Å². The molecular weight excluding hydrogens is 356 g/mol. The highest BCUT2D eigenvalue weighted by molar-refractivity contribution is 7.06. The quantitative estimate of drug-likeness (QED) is 0.650. The van der Waals surface area contributed by atoms with Crippen LogP contribution < -0.4 is 5.73 Å². The number of rotatable bonds is 3. The van der Waals surface area contributed by atoms with Gasteiger partial charge in [-0.05, 0) is 47.4 Å². The van der Waals surface area contributed by atoms with E-state index < -0.39 is 17.6 Å². The van der Waals surface area contributed by atoms with Crippen LogP contribution in [-0.2, 0) is 12.6 Å². The highest BCUT2D eigenvalue weighted by atomic mass is 32.1. The molecule has 0 aliphatic heterocycles. The van der Waals surface area contributed by atoms with Crippen molar-refractivity contribution in [3.05, 3.63) is 64.3 Å². The normalized spacial score (nSPS) is 11.7. The second kappa shape index (κ2) is 6.36. The van der Waals surface area contributed by atoms with Crippen molar-refractivity contribution in [1.82, 2.24) is 4.37 Å². The lowest BCUT2D eigenvalue weighted by Gasteiger charge is -2.08. The van der Waals surface area contributed by atoms with Gasteiger partial charge in [-0.1, -0.05) is 12.1 Å². The maximum Gasteiger partial charge on any atom is 0.416 e. The number of nitrogens with two attached hydrogens (primary N) is 1. The third-order valence-corrected chi connectivity index (χ3v) is 4.51. The Morgan fingerprint density at radius 3 is 2.36 bits per heavy atom. The predicted molar refractivity (Wildman–Crippen MR) is 87.8 cm³/mol. The van der Waals surface area contributed by atoms with E-state index in [2.05, 4.69) is 4.37 Å². The second-order valence-electron chi connectivity index (χ2n) is 5.40. The van der Waals surface area contributed by atoms with Crippen molar-refractivity contribution in [2.24, 2.45) is 0 Å². The van der Waals surface area contributed by atoms with Crippen LogP contribution in [0.2, 0.25) is 0 Å². The van der Waals surface area contributed by atoms with Crippen molar-refractivity contribution in [2.75, 3.05) is 5.73 Å². The number of aromatic nitrogens is 1. The van der Waals surface area contributed by atoms with Crippen molar-refractivity contribution in [3.63, 3.8) is 0 Å². The largest absolute Gasteiger partial charge is 0.508 e. The van der Waals surface area contributed by atoms with E-state index in [4.69, 9.17) is 5.73 Å². The van der Waals surface area contributed by atoms with Gasteiger partial charge in [0.15, 0.2) is 0 Å². The van der Waals surface area contributed by atoms with E-state index in [1.807, 2.05) is 0 Å². The summed E-state index contributed by atoms with van der Waals surface area (Å²) >= 11 is 1.06. The van der Waals surface area contributed by atoms with Crippen LogP contribution in [0.1, 0.15) is 16.0 Å². The smallest absolute Gasteiger partial charge is 0.416 e. The zero-order valence-corrected chi connectivity index (χ0v) is 13.5. The Kier molecular flexibility index (Phi) is 4.38. The van der Waals surface area contributed by atoms with Crippen molar-refractivity contribution in [3.8, 4) is 17.0 Å². The molecule has 0 saturated heterocycles. The molecule has 25 heavy (non-hydrogen) atoms. The van der Waals surface area contributed by atoms with Gasteiger partial charge >= 0.3 is 6.18 Å². The number of phenolic OH excluding ortho intramolecular Hbond substituents is 1. The topological polar surface area (TPSA) is 59.1 Å². The van der Waals surface area contributed by atoms with E-state index in [9.17, 15) is 22.7 Å². The molecule has 0 saturated carbocycles. The lowest BCUT2D eigenvalue weighted by atomic mass is 10.0. The number of nitrogens with zero attached hydrogens (tertiary/aromatic N) is 1. The molecule has 3 aromatic rings. The average molecular weight is 368 g/mol. The lowest BCUT2D eigenvalue weighted by molar-refractivity contribution is -0.137. The third kappa shape index (κ3) is 3.58. The van der Waals surface area contributed by atoms with Crippen LogP contribution in [0, 0.1) is 5.82 Å². The van der Waals surface area contributed by atoms with Crippen molar-refractivity contribution >= 4 is 17.2 Å². The fraction of sp³-hybridized carbons (Fsp3) is 0.118. The molecule has 0 amide bonds. The summed E-state index contributed by atoms with van der Waals surface area (Å²) in [6.45, 7) is 0. The van der Waals surface area contributed by atoms with E-state index in [0.717, 1.165) is 29.2 Å². The first-order chi connectivity index (χ1) is 11.8. The Balaban J connectivity index is 1.92. The van der Waals surface area contributed by atoms with Crippen molar-refractivity contribution < 1.29 is 22.7 Å². The lowest BCUT2D eigenvalue weighted by Crippen LogP contribution is -2.05. The van der Waals surface area contributed by atoms with Crippen LogP contribution in [0.25, 0.3) is 11.3 Å². The number of halogens is 4. The summed E-state index contributed by atoms with van der Waals surface area (Å²) in [5.74, 6) is -0.892. The molecule has 8 heteroatoms. The molecule has 1 heterocycles. The van der Waals surface area contributed by atoms with Gasteiger partial charge in [0, 0.05) is 12.0 Å². The summed E-state index contributed by atoms with van der Waals surface area (Å²) in [5, 5.41) is 9.28. The molecule has 1 aromatic heterocycles. The Hall–Kier alpha value is -2.61. The number of alkyl halides is 3. The minimum absolute atomic E-state index is 0.0706. The SMILES string of the molecule is Nc1c(-c2ccc(C(F)(F)F)cc2F)nsc1Cc1ccc(O)cc1. The predicted octanol–water partition coefficient (Wildman–Crippen LogP) is 4.85. The number of anilines is 1. The molecule has 3 nitrogen and oxygen atoms in total. The van der Waals surface area contributed by atoms with Crippen molar-refractivity contribution in [1.29, 1.82) is 0 Å². The van der Waals surface area contributed by atoms with Crippen LogP contribution in [0.4, 0.5) is 23.2 Å². The van der Waals surface area contributed by atoms with Crippen LogP contribution in [-0.4, -0.2) is 9.48 Å². The molecule has 2 aromatic carbocycles. The molecule has 0 aliphatic rings. The van der Waals surface area contributed by atoms with Gasteiger partial charge in [-0.2, -0.15) is 17.5 Å². The van der Waals surface area contributed by atoms with Crippen molar-refractivity contribution in [2.45, 2.75) is 12.6 Å². The van der Waals surface area contributed by atoms with E-state index in [1.54, 1.807) is 12.1 Å². The van der Waals surface area contributed by atoms with E-state index in [-0.39, 0.29) is 22.7 Å². The molecule has 3 rings (SSSR count). The maximum absolute atomic E-state index is 14.1. The average Bonchev–Trinajstić information content (AvgIpc) is 2.89. The van der Waals surface area contributed by atoms with Crippen LogP contribution in [0.15, 0.2) is 42.5 Å². The zero-order chi connectivity index (χ0) is 18.2. The summed E-state index contributed by atoms with van der Waals surface area (Å²) in [5.41, 5.74) is 6.11. The van der Waals surface area contributed by atoms with Gasteiger partial charge in [0.2, 0.25) is 0 Å². The van der Waals surface area contributed by atoms with E-state index in [1.165, 1.54) is 12.1 Å². The Labute approximate surface area is 144 Å². The fourth-order valence-corrected chi connectivity index (χ4v) is 3.16. The van der Waals surface area contributed by atoms with Crippen LogP contribution in [0.3, 0.4) is 0 Å². The highest BCUT2D eigenvalue weighted by Crippen LogP contribution is 2.36. The Morgan fingerprint density at radius 2 is 1.76 bits per heavy atom. The first-order valence-electron chi connectivity index (χ1n) is 7.15. The number of aromatic hydroxyl groups is 1. The zero-order valence-electron chi connectivity index (χ0n) is 12.6. The van der Waals surface area contributed by atoms with Gasteiger partial charge in [0.1, 0.15) is 17.3 Å². The standard InChI is InChI=1S/C17H12F4N2OS/c18-13-8-10(17(19,20)21)3-6-12(13)16-15(22)14(25-23-16)7-9-1-4-11(24)5-2-9/h1-6,8,24H,7,22H2. The molecule has 130 valence electrons. The van der Waals surface area contributed by atoms with Gasteiger partial charge in [0.05, 0.1) is 16.1 Å². The van der Waals surface area contributed by atoms with E-state index >= 15 is 0 Å². The molecular formula is C17H12F4N2OS. The Morgan fingerprint density at radius 1 is 1.08 bits per heavy atom. The number of nitrogen functional groups attached to an aromatic ring is 1. The second-order valence-corrected chi connectivity index (χ2v) is 6.26. The fourth-order valence-electron chi connectivity index (χ4n) is 2.34. The van der Waals surface area contributed by atoms with Gasteiger partial charge < -0.3 is 10.8 Å². The van der Waals surface area contributed by atoms with Gasteiger partial charge in [-0.15, -0.1) is 0 Å². The first-order valence-corrected chi connectivity index (χ1v) is 7.92. The minimum Gasteiger partial charge on any atom is -0.508 e. The molecule has 0 fully saturated rings. The molecule has 0 unspecified atom stereocenters. The van der Waals surface area contributed by atoms with E-state index in [0.29, 0.717) is 17.4 Å². The number of hydrogen-bond acceptors (Lipinski definition) is 4. The molecule has 0 atom stereocenters. The molecule has 3 N–H and O–H groups in total. The van der Waals surface area contributed by atoms with Gasteiger partial charge in [0.25, 0.3) is 0 Å². The third-order valence-electron chi connectivity index (χ3n) is 3.66. The summed E-state index contributed by atoms with van der Waals surface area (Å²) in [7, 11) is 0. The summed E-state index contributed by atoms with van der Waals surface area (Å²) < 4.78 is 56.1. The molecule has 0 aliphatic carbocycles. The summed E-state index contributed by atoms with van der Waals surface area (Å²) in [4.78, 5) is 0.667. The summed E-state index contributed by atoms with van der Waals surface area (Å²) in [6.07, 6.45) is -4.19. The van der Waals surface area contributed by atoms with Gasteiger partial charge in [-0.3, -0.25) is 0 Å². The number of hydrogen-bond donors (Lipinski definition) is 2. The minimum atomic E-state index is -4.61. The number of phenols is 1. The molecule has 0 bridgehead atoms. The summed E-state index contributed by atoms with van der Waals surface area (Å²) in [6, 6.07) is 8.77. The molecule has 0 radical (unpaired) electrons. The monoisotopic (exact) mass is 368 g/mol. The van der Waals surface area contributed by atoms with Gasteiger partial charge in [-0.25, -0.2) is 4.39 Å². The molecule has 0 spiro atoms. The maximum atomic E-state index is 14.1. The highest BCUT2D eigenvalue weighted by Gasteiger charge is 2.31. The first kappa shape index (κ1) is 17.2. The number of benzene rings is 2. The Bertz CT molecular complexity index is 904.